The molecule has 0 saturated heterocycles. The van der Waals surface area contributed by atoms with E-state index in [1.165, 1.54) is 18.3 Å². The van der Waals surface area contributed by atoms with Crippen LogP contribution in [0.1, 0.15) is 0 Å². The maximum atomic E-state index is 12.9. The highest BCUT2D eigenvalue weighted by Crippen LogP contribution is 2.19. The van der Waals surface area contributed by atoms with Crippen LogP contribution in [0.25, 0.3) is 0 Å². The van der Waals surface area contributed by atoms with Crippen molar-refractivity contribution in [3.8, 4) is 0 Å². The number of nitrogens with one attached hydrogen (secondary N) is 2. The fourth-order valence-electron chi connectivity index (χ4n) is 2.03. The van der Waals surface area contributed by atoms with Gasteiger partial charge in [-0.1, -0.05) is 18.2 Å². The number of hydrogen-bond donors (Lipinski definition) is 2. The van der Waals surface area contributed by atoms with Crippen molar-refractivity contribution >= 4 is 27.2 Å². The van der Waals surface area contributed by atoms with Gasteiger partial charge in [-0.25, -0.2) is 17.8 Å². The Bertz CT molecular complexity index is 912. The molecular weight excluding hydrogens is 329 g/mol. The molecule has 7 heteroatoms. The summed E-state index contributed by atoms with van der Waals surface area (Å²) in [4.78, 5) is 4.15. The fraction of sp³-hybridized carbons (Fsp3) is 0. The lowest BCUT2D eigenvalue weighted by Crippen LogP contribution is -2.13. The molecule has 0 bridgehead atoms. The van der Waals surface area contributed by atoms with Gasteiger partial charge in [0.1, 0.15) is 11.6 Å². The van der Waals surface area contributed by atoms with Gasteiger partial charge in [0, 0.05) is 5.69 Å². The molecule has 0 amide bonds. The standard InChI is InChI=1S/C17H14FN3O2S/c18-13-6-9-16(10-7-13)24(22,23)21-15-8-11-17(19-12-15)20-14-4-2-1-3-5-14/h1-12,21H,(H,19,20). The zero-order valence-corrected chi connectivity index (χ0v) is 13.3. The summed E-state index contributed by atoms with van der Waals surface area (Å²) in [6, 6.07) is 17.4. The predicted molar refractivity (Wildman–Crippen MR) is 91.2 cm³/mol. The minimum absolute atomic E-state index is 0.0182. The van der Waals surface area contributed by atoms with E-state index in [9.17, 15) is 12.8 Å². The van der Waals surface area contributed by atoms with Gasteiger partial charge in [0.2, 0.25) is 0 Å². The van der Waals surface area contributed by atoms with Crippen LogP contribution in [0.3, 0.4) is 0 Å². The largest absolute Gasteiger partial charge is 0.340 e. The van der Waals surface area contributed by atoms with Gasteiger partial charge in [0.25, 0.3) is 10.0 Å². The number of benzene rings is 2. The predicted octanol–water partition coefficient (Wildman–Crippen LogP) is 3.77. The van der Waals surface area contributed by atoms with Gasteiger partial charge >= 0.3 is 0 Å². The van der Waals surface area contributed by atoms with Crippen molar-refractivity contribution in [2.75, 3.05) is 10.0 Å². The van der Waals surface area contributed by atoms with Gasteiger partial charge in [0.15, 0.2) is 0 Å². The average molecular weight is 343 g/mol. The summed E-state index contributed by atoms with van der Waals surface area (Å²) >= 11 is 0. The summed E-state index contributed by atoms with van der Waals surface area (Å²) in [6.45, 7) is 0. The summed E-state index contributed by atoms with van der Waals surface area (Å²) in [7, 11) is -3.78. The maximum absolute atomic E-state index is 12.9. The lowest BCUT2D eigenvalue weighted by atomic mass is 10.3. The monoisotopic (exact) mass is 343 g/mol. The molecule has 0 aliphatic rings. The van der Waals surface area contributed by atoms with Crippen LogP contribution in [-0.2, 0) is 10.0 Å². The zero-order chi connectivity index (χ0) is 17.0. The topological polar surface area (TPSA) is 71.1 Å². The molecule has 0 unspecified atom stereocenters. The second kappa shape index (κ2) is 6.67. The van der Waals surface area contributed by atoms with Gasteiger partial charge in [0.05, 0.1) is 16.8 Å². The number of pyridine rings is 1. The zero-order valence-electron chi connectivity index (χ0n) is 12.5. The van der Waals surface area contributed by atoms with Crippen molar-refractivity contribution in [2.24, 2.45) is 0 Å². The molecule has 0 aliphatic heterocycles. The average Bonchev–Trinajstić information content (AvgIpc) is 2.58. The smallest absolute Gasteiger partial charge is 0.261 e. The highest BCUT2D eigenvalue weighted by Gasteiger charge is 2.14. The second-order valence-corrected chi connectivity index (χ2v) is 6.66. The number of rotatable bonds is 5. The van der Waals surface area contributed by atoms with Crippen molar-refractivity contribution in [2.45, 2.75) is 4.90 Å². The number of halogens is 1. The van der Waals surface area contributed by atoms with Crippen LogP contribution < -0.4 is 10.0 Å². The molecule has 3 rings (SSSR count). The van der Waals surface area contributed by atoms with Crippen LogP contribution in [0.2, 0.25) is 0 Å². The van der Waals surface area contributed by atoms with Crippen molar-refractivity contribution in [1.29, 1.82) is 0 Å². The van der Waals surface area contributed by atoms with Crippen molar-refractivity contribution in [3.63, 3.8) is 0 Å². The Hall–Kier alpha value is -2.93. The van der Waals surface area contributed by atoms with E-state index >= 15 is 0 Å². The van der Waals surface area contributed by atoms with Crippen LogP contribution in [-0.4, -0.2) is 13.4 Å². The van der Waals surface area contributed by atoms with Crippen LogP contribution in [0.4, 0.5) is 21.6 Å². The first kappa shape index (κ1) is 15.9. The van der Waals surface area contributed by atoms with E-state index in [-0.39, 0.29) is 4.90 Å². The molecule has 0 radical (unpaired) electrons. The molecule has 2 N–H and O–H groups in total. The highest BCUT2D eigenvalue weighted by molar-refractivity contribution is 7.92. The molecule has 0 spiro atoms. The van der Waals surface area contributed by atoms with E-state index in [0.29, 0.717) is 11.5 Å². The molecule has 1 heterocycles. The van der Waals surface area contributed by atoms with Crippen molar-refractivity contribution < 1.29 is 12.8 Å². The van der Waals surface area contributed by atoms with Crippen LogP contribution in [0.5, 0.6) is 0 Å². The number of aromatic nitrogens is 1. The SMILES string of the molecule is O=S(=O)(Nc1ccc(Nc2ccccc2)nc1)c1ccc(F)cc1. The van der Waals surface area contributed by atoms with Crippen LogP contribution in [0.15, 0.2) is 77.8 Å². The molecule has 0 atom stereocenters. The minimum Gasteiger partial charge on any atom is -0.340 e. The summed E-state index contributed by atoms with van der Waals surface area (Å²) in [5, 5.41) is 3.10. The van der Waals surface area contributed by atoms with Crippen LogP contribution >= 0.6 is 0 Å². The van der Waals surface area contributed by atoms with Crippen molar-refractivity contribution in [3.05, 3.63) is 78.7 Å². The quantitative estimate of drug-likeness (QED) is 0.740. The van der Waals surface area contributed by atoms with Gasteiger partial charge in [-0.2, -0.15) is 0 Å². The molecule has 0 saturated carbocycles. The number of para-hydroxylation sites is 1. The Balaban J connectivity index is 1.73. The van der Waals surface area contributed by atoms with Gasteiger partial charge in [-0.05, 0) is 48.5 Å². The van der Waals surface area contributed by atoms with E-state index in [1.807, 2.05) is 30.3 Å². The molecule has 5 nitrogen and oxygen atoms in total. The highest BCUT2D eigenvalue weighted by atomic mass is 32.2. The Morgan fingerprint density at radius 2 is 1.54 bits per heavy atom. The summed E-state index contributed by atoms with van der Waals surface area (Å²) < 4.78 is 39.7. The molecule has 0 aliphatic carbocycles. The lowest BCUT2D eigenvalue weighted by Gasteiger charge is -2.09. The third-order valence-corrected chi connectivity index (χ3v) is 4.58. The molecule has 24 heavy (non-hydrogen) atoms. The Labute approximate surface area is 139 Å². The summed E-state index contributed by atoms with van der Waals surface area (Å²) in [5.41, 5.74) is 1.20. The Kier molecular flexibility index (Phi) is 4.43. The first-order valence-corrected chi connectivity index (χ1v) is 8.58. The molecule has 0 fully saturated rings. The van der Waals surface area contributed by atoms with E-state index in [4.69, 9.17) is 0 Å². The molecular formula is C17H14FN3O2S. The molecule has 1 aromatic heterocycles. The number of anilines is 3. The van der Waals surface area contributed by atoms with E-state index in [2.05, 4.69) is 15.0 Å². The number of sulfonamides is 1. The summed E-state index contributed by atoms with van der Waals surface area (Å²) in [5.74, 6) is 0.0953. The van der Waals surface area contributed by atoms with E-state index < -0.39 is 15.8 Å². The summed E-state index contributed by atoms with van der Waals surface area (Å²) in [6.07, 6.45) is 1.41. The maximum Gasteiger partial charge on any atom is 0.261 e. The Morgan fingerprint density at radius 3 is 2.17 bits per heavy atom. The third-order valence-electron chi connectivity index (χ3n) is 3.19. The minimum atomic E-state index is -3.78. The van der Waals surface area contributed by atoms with Crippen molar-refractivity contribution in [1.82, 2.24) is 4.98 Å². The molecule has 2 aromatic carbocycles. The Morgan fingerprint density at radius 1 is 0.833 bits per heavy atom. The molecule has 3 aromatic rings. The fourth-order valence-corrected chi connectivity index (χ4v) is 3.07. The van der Waals surface area contributed by atoms with Gasteiger partial charge in [-0.3, -0.25) is 4.72 Å². The van der Waals surface area contributed by atoms with E-state index in [0.717, 1.165) is 17.8 Å². The second-order valence-electron chi connectivity index (χ2n) is 4.98. The number of nitrogens with zero attached hydrogens (tertiary/aromatic N) is 1. The van der Waals surface area contributed by atoms with Gasteiger partial charge < -0.3 is 5.32 Å². The van der Waals surface area contributed by atoms with E-state index in [1.54, 1.807) is 12.1 Å². The van der Waals surface area contributed by atoms with Gasteiger partial charge in [-0.15, -0.1) is 0 Å². The normalized spacial score (nSPS) is 11.0. The first-order valence-electron chi connectivity index (χ1n) is 7.09. The first-order chi connectivity index (χ1) is 11.5. The lowest BCUT2D eigenvalue weighted by molar-refractivity contribution is 0.599. The molecule has 122 valence electrons. The third kappa shape index (κ3) is 3.88. The number of hydrogen-bond acceptors (Lipinski definition) is 4. The van der Waals surface area contributed by atoms with Crippen LogP contribution in [0, 0.1) is 5.82 Å².